The van der Waals surface area contributed by atoms with Crippen LogP contribution in [0.4, 0.5) is 0 Å². The third-order valence-electron chi connectivity index (χ3n) is 3.07. The van der Waals surface area contributed by atoms with Crippen LogP contribution in [0.15, 0.2) is 66.7 Å². The average Bonchev–Trinajstić information content (AvgIpc) is 2.43. The van der Waals surface area contributed by atoms with Crippen molar-refractivity contribution >= 4 is 22.5 Å². The Morgan fingerprint density at radius 2 is 1.47 bits per heavy atom. The van der Waals surface area contributed by atoms with Gasteiger partial charge in [0, 0.05) is 23.1 Å². The van der Waals surface area contributed by atoms with E-state index in [1.165, 1.54) is 10.9 Å². The van der Waals surface area contributed by atoms with E-state index < -0.39 is 0 Å². The van der Waals surface area contributed by atoms with E-state index in [1.54, 1.807) is 0 Å². The molecule has 3 aromatic rings. The number of fused-ring (bicyclic) bond motifs is 1. The molecule has 0 aliphatic carbocycles. The van der Waals surface area contributed by atoms with E-state index in [0.29, 0.717) is 0 Å². The first-order chi connectivity index (χ1) is 8.84. The summed E-state index contributed by atoms with van der Waals surface area (Å²) < 4.78 is 2.13. The summed E-state index contributed by atoms with van der Waals surface area (Å²) in [4.78, 5) is 0. The minimum absolute atomic E-state index is 0. The molecule has 96 valence electrons. The Hall–Kier alpha value is -1.38. The zero-order chi connectivity index (χ0) is 12.4. The van der Waals surface area contributed by atoms with E-state index in [-0.39, 0.29) is 17.0 Å². The van der Waals surface area contributed by atoms with Gasteiger partial charge in [-0.05, 0) is 23.7 Å². The highest BCUT2D eigenvalue weighted by atomic mass is 79.9. The van der Waals surface area contributed by atoms with Crippen LogP contribution < -0.4 is 21.5 Å². The molecule has 0 fully saturated rings. The largest absolute Gasteiger partial charge is 1.00 e. The first-order valence-electron chi connectivity index (χ1n) is 5.95. The molecule has 0 atom stereocenters. The molecule has 0 radical (unpaired) electrons. The fourth-order valence-corrected chi connectivity index (χ4v) is 2.38. The molecule has 0 aliphatic rings. The first kappa shape index (κ1) is 14.0. The number of pyridine rings is 1. The highest BCUT2D eigenvalue weighted by Crippen LogP contribution is 2.14. The Kier molecular flexibility index (Phi) is 4.56. The molecule has 0 aliphatic heterocycles. The number of rotatable bonds is 2. The molecule has 0 unspecified atom stereocenters. The van der Waals surface area contributed by atoms with Crippen LogP contribution in [0.25, 0.3) is 10.9 Å². The van der Waals surface area contributed by atoms with Crippen LogP contribution in [0.5, 0.6) is 0 Å². The highest BCUT2D eigenvalue weighted by molar-refractivity contribution is 6.28. The minimum Gasteiger partial charge on any atom is -1.00 e. The SMILES string of the molecule is Clc1ccc2ccccc2[n+]1Cc1ccccc1.[Br-]. The fourth-order valence-electron chi connectivity index (χ4n) is 2.16. The van der Waals surface area contributed by atoms with Gasteiger partial charge >= 0.3 is 0 Å². The summed E-state index contributed by atoms with van der Waals surface area (Å²) in [5.74, 6) is 0. The lowest BCUT2D eigenvalue weighted by Gasteiger charge is -2.03. The lowest BCUT2D eigenvalue weighted by Crippen LogP contribution is -3.00. The predicted molar refractivity (Wildman–Crippen MR) is 74.7 cm³/mol. The summed E-state index contributed by atoms with van der Waals surface area (Å²) in [6, 6.07) is 22.7. The topological polar surface area (TPSA) is 3.88 Å². The molecule has 1 nitrogen and oxygen atoms in total. The third-order valence-corrected chi connectivity index (χ3v) is 3.40. The molecule has 2 aromatic carbocycles. The van der Waals surface area contributed by atoms with Crippen molar-refractivity contribution in [3.05, 3.63) is 77.4 Å². The van der Waals surface area contributed by atoms with Crippen LogP contribution in [0, 0.1) is 0 Å². The maximum absolute atomic E-state index is 6.32. The third kappa shape index (κ3) is 2.96. The fraction of sp³-hybridized carbons (Fsp3) is 0.0625. The second kappa shape index (κ2) is 6.18. The number of hydrogen-bond donors (Lipinski definition) is 0. The van der Waals surface area contributed by atoms with Gasteiger partial charge in [-0.15, -0.1) is 0 Å². The predicted octanol–water partition coefficient (Wildman–Crippen LogP) is 0.833. The van der Waals surface area contributed by atoms with Gasteiger partial charge in [0.15, 0.2) is 6.54 Å². The number of para-hydroxylation sites is 1. The van der Waals surface area contributed by atoms with Gasteiger partial charge < -0.3 is 17.0 Å². The number of nitrogens with zero attached hydrogens (tertiary/aromatic N) is 1. The van der Waals surface area contributed by atoms with E-state index in [4.69, 9.17) is 11.6 Å². The van der Waals surface area contributed by atoms with Crippen LogP contribution in [0.1, 0.15) is 5.56 Å². The zero-order valence-electron chi connectivity index (χ0n) is 10.3. The van der Waals surface area contributed by atoms with Crippen molar-refractivity contribution in [2.24, 2.45) is 0 Å². The second-order valence-electron chi connectivity index (χ2n) is 4.29. The second-order valence-corrected chi connectivity index (χ2v) is 4.67. The van der Waals surface area contributed by atoms with Gasteiger partial charge in [0.1, 0.15) is 0 Å². The number of halogens is 2. The van der Waals surface area contributed by atoms with E-state index >= 15 is 0 Å². The van der Waals surface area contributed by atoms with Gasteiger partial charge in [-0.1, -0.05) is 42.5 Å². The van der Waals surface area contributed by atoms with Gasteiger partial charge in [-0.2, -0.15) is 4.57 Å². The van der Waals surface area contributed by atoms with Gasteiger partial charge in [0.05, 0.1) is 0 Å². The molecular formula is C16H13BrClN. The quantitative estimate of drug-likeness (QED) is 0.483. The van der Waals surface area contributed by atoms with Crippen LogP contribution in [-0.4, -0.2) is 0 Å². The molecule has 1 aromatic heterocycles. The Morgan fingerprint density at radius 3 is 2.26 bits per heavy atom. The number of hydrogen-bond acceptors (Lipinski definition) is 0. The minimum atomic E-state index is 0. The molecule has 1 heterocycles. The van der Waals surface area contributed by atoms with Crippen molar-refractivity contribution < 1.29 is 21.5 Å². The highest BCUT2D eigenvalue weighted by Gasteiger charge is 2.13. The molecule has 0 amide bonds. The Labute approximate surface area is 128 Å². The summed E-state index contributed by atoms with van der Waals surface area (Å²) in [5.41, 5.74) is 2.41. The molecular weight excluding hydrogens is 322 g/mol. The van der Waals surface area contributed by atoms with Crippen molar-refractivity contribution in [3.8, 4) is 0 Å². The monoisotopic (exact) mass is 333 g/mol. The lowest BCUT2D eigenvalue weighted by molar-refractivity contribution is -0.660. The molecule has 0 bridgehead atoms. The summed E-state index contributed by atoms with van der Waals surface area (Å²) in [6.45, 7) is 0.793. The summed E-state index contributed by atoms with van der Waals surface area (Å²) in [6.07, 6.45) is 0. The van der Waals surface area contributed by atoms with Crippen molar-refractivity contribution in [2.45, 2.75) is 6.54 Å². The smallest absolute Gasteiger partial charge is 0.275 e. The molecule has 3 rings (SSSR count). The molecule has 3 heteroatoms. The number of aromatic nitrogens is 1. The van der Waals surface area contributed by atoms with Crippen molar-refractivity contribution in [3.63, 3.8) is 0 Å². The van der Waals surface area contributed by atoms with Crippen LogP contribution in [-0.2, 0) is 6.54 Å². The Morgan fingerprint density at radius 1 is 0.789 bits per heavy atom. The van der Waals surface area contributed by atoms with Gasteiger partial charge in [0.25, 0.3) is 5.15 Å². The summed E-state index contributed by atoms with van der Waals surface area (Å²) in [5, 5.41) is 1.97. The maximum Gasteiger partial charge on any atom is 0.275 e. The van der Waals surface area contributed by atoms with Crippen LogP contribution in [0.2, 0.25) is 5.15 Å². The molecule has 0 saturated heterocycles. The van der Waals surface area contributed by atoms with Crippen LogP contribution in [0.3, 0.4) is 0 Å². The van der Waals surface area contributed by atoms with Crippen molar-refractivity contribution in [1.29, 1.82) is 0 Å². The van der Waals surface area contributed by atoms with E-state index in [9.17, 15) is 0 Å². The normalized spacial score (nSPS) is 10.2. The standard InChI is InChI=1S/C16H13ClN.BrH/c17-16-11-10-14-8-4-5-9-15(14)18(16)12-13-6-2-1-3-7-13;/h1-11H,12H2;1H/q+1;/p-1. The molecule has 0 N–H and O–H groups in total. The van der Waals surface area contributed by atoms with E-state index in [2.05, 4.69) is 47.0 Å². The molecule has 0 spiro atoms. The van der Waals surface area contributed by atoms with Crippen molar-refractivity contribution in [2.75, 3.05) is 0 Å². The Balaban J connectivity index is 0.00000133. The van der Waals surface area contributed by atoms with Gasteiger partial charge in [-0.25, -0.2) is 0 Å². The van der Waals surface area contributed by atoms with Gasteiger partial charge in [0.2, 0.25) is 5.52 Å². The van der Waals surface area contributed by atoms with E-state index in [0.717, 1.165) is 17.2 Å². The van der Waals surface area contributed by atoms with Crippen molar-refractivity contribution in [1.82, 2.24) is 0 Å². The van der Waals surface area contributed by atoms with Gasteiger partial charge in [-0.3, -0.25) is 0 Å². The Bertz CT molecular complexity index is 683. The summed E-state index contributed by atoms with van der Waals surface area (Å²) in [7, 11) is 0. The molecule has 19 heavy (non-hydrogen) atoms. The van der Waals surface area contributed by atoms with E-state index in [1.807, 2.05) is 24.3 Å². The summed E-state index contributed by atoms with van der Waals surface area (Å²) >= 11 is 6.32. The maximum atomic E-state index is 6.32. The molecule has 0 saturated carbocycles. The lowest BCUT2D eigenvalue weighted by atomic mass is 10.2. The average molecular weight is 335 g/mol. The van der Waals surface area contributed by atoms with Crippen LogP contribution >= 0.6 is 11.6 Å². The number of benzene rings is 2. The zero-order valence-corrected chi connectivity index (χ0v) is 12.6. The first-order valence-corrected chi connectivity index (χ1v) is 6.33.